The average Bonchev–Trinajstić information content (AvgIpc) is 3.15. The van der Waals surface area contributed by atoms with Crippen LogP contribution in [0.1, 0.15) is 26.9 Å². The molecule has 0 radical (unpaired) electrons. The highest BCUT2D eigenvalue weighted by Gasteiger charge is 2.34. The summed E-state index contributed by atoms with van der Waals surface area (Å²) in [5.74, 6) is 0.721. The number of nitrogens with zero attached hydrogens (tertiary/aromatic N) is 1. The minimum absolute atomic E-state index is 0.00539. The fourth-order valence-corrected chi connectivity index (χ4v) is 4.49. The second-order valence-electron chi connectivity index (χ2n) is 6.60. The number of aromatic hydroxyl groups is 1. The summed E-state index contributed by atoms with van der Waals surface area (Å²) in [6.07, 6.45) is 0. The number of carbonyl (C=O) groups is 2. The number of ketones is 1. The van der Waals surface area contributed by atoms with Gasteiger partial charge in [0.2, 0.25) is 5.91 Å². The molecule has 0 aliphatic carbocycles. The largest absolute Gasteiger partial charge is 0.504 e. The van der Waals surface area contributed by atoms with E-state index in [1.807, 2.05) is 18.2 Å². The molecule has 1 unspecified atom stereocenters. The molecule has 0 spiro atoms. The van der Waals surface area contributed by atoms with Crippen LogP contribution in [0.5, 0.6) is 11.5 Å². The second-order valence-corrected chi connectivity index (χ2v) is 7.67. The van der Waals surface area contributed by atoms with Crippen molar-refractivity contribution in [3.05, 3.63) is 89.5 Å². The summed E-state index contributed by atoms with van der Waals surface area (Å²) in [6, 6.07) is 21.3. The lowest BCUT2D eigenvalue weighted by Gasteiger charge is -2.25. The average molecular weight is 405 g/mol. The summed E-state index contributed by atoms with van der Waals surface area (Å²) in [5, 5.41) is 9.62. The number of hydrogen-bond acceptors (Lipinski definition) is 5. The lowest BCUT2D eigenvalue weighted by Crippen LogP contribution is -2.27. The minimum Gasteiger partial charge on any atom is -0.504 e. The lowest BCUT2D eigenvalue weighted by atomic mass is 10.0. The maximum atomic E-state index is 12.6. The lowest BCUT2D eigenvalue weighted by molar-refractivity contribution is -0.115. The molecule has 1 saturated heterocycles. The number of phenols is 1. The molecule has 1 aliphatic heterocycles. The first-order chi connectivity index (χ1) is 14.1. The van der Waals surface area contributed by atoms with Crippen LogP contribution in [0.4, 0.5) is 5.69 Å². The number of benzene rings is 3. The third-order valence-electron chi connectivity index (χ3n) is 4.80. The van der Waals surface area contributed by atoms with E-state index in [2.05, 4.69) is 0 Å². The molecule has 1 heterocycles. The number of rotatable bonds is 5. The molecule has 3 aromatic rings. The van der Waals surface area contributed by atoms with Crippen LogP contribution in [0.25, 0.3) is 0 Å². The smallest absolute Gasteiger partial charge is 0.238 e. The normalized spacial score (nSPS) is 16.1. The molecule has 5 nitrogen and oxygen atoms in total. The van der Waals surface area contributed by atoms with Crippen molar-refractivity contribution in [2.24, 2.45) is 0 Å². The van der Waals surface area contributed by atoms with Crippen molar-refractivity contribution in [1.82, 2.24) is 0 Å². The van der Waals surface area contributed by atoms with Crippen molar-refractivity contribution in [3.63, 3.8) is 0 Å². The van der Waals surface area contributed by atoms with Crippen molar-refractivity contribution < 1.29 is 19.4 Å². The van der Waals surface area contributed by atoms with Gasteiger partial charge >= 0.3 is 0 Å². The zero-order valence-electron chi connectivity index (χ0n) is 15.7. The number of amides is 1. The molecule has 1 fully saturated rings. The van der Waals surface area contributed by atoms with Gasteiger partial charge in [-0.05, 0) is 42.0 Å². The van der Waals surface area contributed by atoms with Crippen LogP contribution in [0.3, 0.4) is 0 Å². The van der Waals surface area contributed by atoms with E-state index in [1.165, 1.54) is 18.9 Å². The van der Waals surface area contributed by atoms with Crippen LogP contribution in [-0.2, 0) is 4.79 Å². The predicted molar refractivity (Wildman–Crippen MR) is 114 cm³/mol. The van der Waals surface area contributed by atoms with Crippen molar-refractivity contribution in [2.45, 2.75) is 5.37 Å². The van der Waals surface area contributed by atoms with Gasteiger partial charge in [0.15, 0.2) is 17.3 Å². The fourth-order valence-electron chi connectivity index (χ4n) is 3.33. The SMILES string of the molecule is COc1cc(C2SCC(=O)N2c2ccc(C(=O)c3ccccc3)cc2)ccc1O. The summed E-state index contributed by atoms with van der Waals surface area (Å²) < 4.78 is 5.20. The van der Waals surface area contributed by atoms with E-state index in [1.54, 1.807) is 59.5 Å². The standard InChI is InChI=1S/C23H19NO4S/c1-28-20-13-17(9-12-19(20)25)23-24(21(26)14-29-23)18-10-7-16(8-11-18)22(27)15-5-3-2-4-6-15/h2-13,23,25H,14H2,1H3. The fraction of sp³-hybridized carbons (Fsp3) is 0.130. The van der Waals surface area contributed by atoms with Crippen molar-refractivity contribution in [3.8, 4) is 11.5 Å². The zero-order valence-corrected chi connectivity index (χ0v) is 16.6. The summed E-state index contributed by atoms with van der Waals surface area (Å²) in [4.78, 5) is 26.9. The van der Waals surface area contributed by atoms with Crippen LogP contribution in [-0.4, -0.2) is 29.7 Å². The van der Waals surface area contributed by atoms with Gasteiger partial charge in [0.05, 0.1) is 12.9 Å². The van der Waals surface area contributed by atoms with Gasteiger partial charge in [-0.1, -0.05) is 36.4 Å². The van der Waals surface area contributed by atoms with E-state index >= 15 is 0 Å². The summed E-state index contributed by atoms with van der Waals surface area (Å²) in [5.41, 5.74) is 2.78. The van der Waals surface area contributed by atoms with Crippen molar-refractivity contribution >= 4 is 29.1 Å². The van der Waals surface area contributed by atoms with Gasteiger partial charge < -0.3 is 9.84 Å². The van der Waals surface area contributed by atoms with Crippen LogP contribution in [0, 0.1) is 0 Å². The van der Waals surface area contributed by atoms with Crippen LogP contribution in [0.2, 0.25) is 0 Å². The van der Waals surface area contributed by atoms with Gasteiger partial charge in [0.1, 0.15) is 5.37 Å². The highest BCUT2D eigenvalue weighted by atomic mass is 32.2. The summed E-state index contributed by atoms with van der Waals surface area (Å²) >= 11 is 1.51. The van der Waals surface area contributed by atoms with E-state index in [0.717, 1.165) is 11.3 Å². The second kappa shape index (κ2) is 8.01. The first kappa shape index (κ1) is 19.1. The molecule has 0 saturated carbocycles. The molecule has 146 valence electrons. The highest BCUT2D eigenvalue weighted by Crippen LogP contribution is 2.43. The quantitative estimate of drug-likeness (QED) is 0.637. The molecule has 6 heteroatoms. The number of hydrogen-bond donors (Lipinski definition) is 1. The number of methoxy groups -OCH3 is 1. The minimum atomic E-state index is -0.229. The monoisotopic (exact) mass is 405 g/mol. The van der Waals surface area contributed by atoms with Gasteiger partial charge in [-0.2, -0.15) is 0 Å². The Bertz CT molecular complexity index is 1050. The Morgan fingerprint density at radius 2 is 1.72 bits per heavy atom. The number of phenolic OH excluding ortho intramolecular Hbond substituents is 1. The number of ether oxygens (including phenoxy) is 1. The molecule has 0 aromatic heterocycles. The van der Waals surface area contributed by atoms with E-state index in [-0.39, 0.29) is 22.8 Å². The Labute approximate surface area is 172 Å². The van der Waals surface area contributed by atoms with Gasteiger partial charge in [0, 0.05) is 16.8 Å². The Kier molecular flexibility index (Phi) is 5.27. The van der Waals surface area contributed by atoms with E-state index in [4.69, 9.17) is 4.74 Å². The van der Waals surface area contributed by atoms with Gasteiger partial charge in [-0.15, -0.1) is 11.8 Å². The van der Waals surface area contributed by atoms with E-state index in [0.29, 0.717) is 22.6 Å². The molecule has 3 aromatic carbocycles. The molecule has 1 amide bonds. The molecule has 0 bridgehead atoms. The molecule has 29 heavy (non-hydrogen) atoms. The molecular weight excluding hydrogens is 386 g/mol. The Balaban J connectivity index is 1.62. The molecule has 1 atom stereocenters. The molecule has 4 rings (SSSR count). The predicted octanol–water partition coefficient (Wildman–Crippen LogP) is 4.41. The highest BCUT2D eigenvalue weighted by molar-refractivity contribution is 8.00. The topological polar surface area (TPSA) is 66.8 Å². The van der Waals surface area contributed by atoms with Crippen molar-refractivity contribution in [1.29, 1.82) is 0 Å². The first-order valence-corrected chi connectivity index (χ1v) is 10.1. The Hall–Kier alpha value is -3.25. The molecule has 1 N–H and O–H groups in total. The van der Waals surface area contributed by atoms with Gasteiger partial charge in [0.25, 0.3) is 0 Å². The summed E-state index contributed by atoms with van der Waals surface area (Å²) in [6.45, 7) is 0. The van der Waals surface area contributed by atoms with Gasteiger partial charge in [-0.3, -0.25) is 14.5 Å². The third-order valence-corrected chi connectivity index (χ3v) is 6.01. The number of thioether (sulfide) groups is 1. The van der Waals surface area contributed by atoms with Crippen LogP contribution < -0.4 is 9.64 Å². The van der Waals surface area contributed by atoms with E-state index in [9.17, 15) is 14.7 Å². The molecular formula is C23H19NO4S. The van der Waals surface area contributed by atoms with Crippen molar-refractivity contribution in [2.75, 3.05) is 17.8 Å². The Morgan fingerprint density at radius 1 is 1.03 bits per heavy atom. The van der Waals surface area contributed by atoms with Crippen LogP contribution in [0.15, 0.2) is 72.8 Å². The zero-order chi connectivity index (χ0) is 20.4. The van der Waals surface area contributed by atoms with Gasteiger partial charge in [-0.25, -0.2) is 0 Å². The third kappa shape index (κ3) is 3.71. The first-order valence-electron chi connectivity index (χ1n) is 9.09. The molecule has 1 aliphatic rings. The van der Waals surface area contributed by atoms with E-state index < -0.39 is 0 Å². The van der Waals surface area contributed by atoms with Crippen LogP contribution >= 0.6 is 11.8 Å². The maximum Gasteiger partial charge on any atom is 0.238 e. The maximum absolute atomic E-state index is 12.6. The Morgan fingerprint density at radius 3 is 2.41 bits per heavy atom. The summed E-state index contributed by atoms with van der Waals surface area (Å²) in [7, 11) is 1.49. The number of carbonyl (C=O) groups excluding carboxylic acids is 2. The number of anilines is 1.